The molecule has 0 unspecified atom stereocenters. The third-order valence-electron chi connectivity index (χ3n) is 3.63. The Morgan fingerprint density at radius 2 is 1.71 bits per heavy atom. The van der Waals surface area contributed by atoms with Gasteiger partial charge in [-0.2, -0.15) is 13.2 Å². The summed E-state index contributed by atoms with van der Waals surface area (Å²) in [5.74, 6) is 0.161. The van der Waals surface area contributed by atoms with Gasteiger partial charge in [0.05, 0.1) is 0 Å². The molecule has 3 atom stereocenters. The lowest BCUT2D eigenvalue weighted by molar-refractivity contribution is -0.181. The number of alkyl halides is 3. The van der Waals surface area contributed by atoms with Crippen LogP contribution >= 0.6 is 0 Å². The summed E-state index contributed by atoms with van der Waals surface area (Å²) >= 11 is 0. The highest BCUT2D eigenvalue weighted by molar-refractivity contribution is 4.92. The molecule has 0 aromatic rings. The van der Waals surface area contributed by atoms with E-state index in [1.165, 1.54) is 0 Å². The van der Waals surface area contributed by atoms with Crippen molar-refractivity contribution < 1.29 is 13.2 Å². The maximum absolute atomic E-state index is 12.6. The molecular formula is C10H16F3N. The lowest BCUT2D eigenvalue weighted by Crippen LogP contribution is -2.54. The third-order valence-corrected chi connectivity index (χ3v) is 3.63. The molecule has 1 saturated carbocycles. The molecule has 82 valence electrons. The van der Waals surface area contributed by atoms with Gasteiger partial charge in [-0.1, -0.05) is 19.3 Å². The van der Waals surface area contributed by atoms with Crippen molar-refractivity contribution in [3.05, 3.63) is 0 Å². The second-order valence-electron chi connectivity index (χ2n) is 4.47. The van der Waals surface area contributed by atoms with Crippen molar-refractivity contribution in [3.8, 4) is 0 Å². The highest BCUT2D eigenvalue weighted by Crippen LogP contribution is 2.41. The number of nitrogens with one attached hydrogen (secondary N) is 1. The first-order chi connectivity index (χ1) is 6.59. The molecule has 0 bridgehead atoms. The van der Waals surface area contributed by atoms with Crippen LogP contribution in [0.15, 0.2) is 0 Å². The van der Waals surface area contributed by atoms with Gasteiger partial charge in [0, 0.05) is 0 Å². The highest BCUT2D eigenvalue weighted by atomic mass is 19.4. The van der Waals surface area contributed by atoms with E-state index in [2.05, 4.69) is 5.32 Å². The summed E-state index contributed by atoms with van der Waals surface area (Å²) in [7, 11) is 0. The quantitative estimate of drug-likeness (QED) is 0.644. The predicted molar refractivity (Wildman–Crippen MR) is 47.9 cm³/mol. The van der Waals surface area contributed by atoms with E-state index in [1.54, 1.807) is 0 Å². The summed E-state index contributed by atoms with van der Waals surface area (Å²) in [5, 5.41) is 2.63. The van der Waals surface area contributed by atoms with Crippen molar-refractivity contribution in [2.75, 3.05) is 6.54 Å². The van der Waals surface area contributed by atoms with Crippen molar-refractivity contribution in [2.24, 2.45) is 11.8 Å². The number of hydrogen-bond acceptors (Lipinski definition) is 1. The van der Waals surface area contributed by atoms with E-state index in [9.17, 15) is 13.2 Å². The molecule has 0 spiro atoms. The molecule has 0 amide bonds. The Kier molecular flexibility index (Phi) is 2.73. The molecule has 1 heterocycles. The summed E-state index contributed by atoms with van der Waals surface area (Å²) in [6.45, 7) is 0.533. The van der Waals surface area contributed by atoms with E-state index in [0.29, 0.717) is 12.5 Å². The van der Waals surface area contributed by atoms with Crippen LogP contribution in [0.25, 0.3) is 0 Å². The maximum atomic E-state index is 12.6. The van der Waals surface area contributed by atoms with E-state index >= 15 is 0 Å². The van der Waals surface area contributed by atoms with Crippen molar-refractivity contribution in [1.29, 1.82) is 0 Å². The van der Waals surface area contributed by atoms with Crippen LogP contribution in [0.2, 0.25) is 0 Å². The molecule has 4 heteroatoms. The van der Waals surface area contributed by atoms with Crippen LogP contribution < -0.4 is 5.32 Å². The molecule has 2 aliphatic rings. The van der Waals surface area contributed by atoms with Crippen LogP contribution in [-0.4, -0.2) is 18.8 Å². The lowest BCUT2D eigenvalue weighted by Gasteiger charge is -2.42. The van der Waals surface area contributed by atoms with Gasteiger partial charge < -0.3 is 5.32 Å². The SMILES string of the molecule is FC(F)(F)[C@H]1NCC[C@H]2CCCC[C@H]21. The standard InChI is InChI=1S/C10H16F3N/c11-10(12,13)9-8-4-2-1-3-7(8)5-6-14-9/h7-9,14H,1-6H2/t7-,8-,9+/m1/s1. The second kappa shape index (κ2) is 3.72. The Morgan fingerprint density at radius 1 is 1.00 bits per heavy atom. The van der Waals surface area contributed by atoms with Gasteiger partial charge >= 0.3 is 6.18 Å². The Morgan fingerprint density at radius 3 is 2.43 bits per heavy atom. The Hall–Kier alpha value is -0.250. The Bertz CT molecular complexity index is 200. The minimum absolute atomic E-state index is 0.155. The molecule has 1 aliphatic carbocycles. The summed E-state index contributed by atoms with van der Waals surface area (Å²) in [4.78, 5) is 0. The fourth-order valence-electron chi connectivity index (χ4n) is 2.97. The van der Waals surface area contributed by atoms with Crippen LogP contribution in [0.4, 0.5) is 13.2 Å². The molecule has 0 aromatic heterocycles. The zero-order valence-electron chi connectivity index (χ0n) is 8.11. The van der Waals surface area contributed by atoms with Crippen molar-refractivity contribution >= 4 is 0 Å². The zero-order chi connectivity index (χ0) is 10.2. The molecule has 1 nitrogen and oxygen atoms in total. The molecule has 14 heavy (non-hydrogen) atoms. The van der Waals surface area contributed by atoms with Gasteiger partial charge in [0.15, 0.2) is 0 Å². The average Bonchev–Trinajstić information content (AvgIpc) is 2.15. The van der Waals surface area contributed by atoms with Crippen LogP contribution in [0.3, 0.4) is 0 Å². The Labute approximate surface area is 82.1 Å². The van der Waals surface area contributed by atoms with E-state index < -0.39 is 12.2 Å². The molecule has 1 N–H and O–H groups in total. The number of halogens is 3. The fourth-order valence-corrected chi connectivity index (χ4v) is 2.97. The van der Waals surface area contributed by atoms with Gasteiger partial charge in [0.2, 0.25) is 0 Å². The third kappa shape index (κ3) is 1.90. The van der Waals surface area contributed by atoms with Gasteiger partial charge in [0.25, 0.3) is 0 Å². The van der Waals surface area contributed by atoms with E-state index in [1.807, 2.05) is 0 Å². The first-order valence-electron chi connectivity index (χ1n) is 5.39. The van der Waals surface area contributed by atoms with Gasteiger partial charge in [0.1, 0.15) is 6.04 Å². The number of hydrogen-bond donors (Lipinski definition) is 1. The Balaban J connectivity index is 2.09. The van der Waals surface area contributed by atoms with Gasteiger partial charge in [-0.25, -0.2) is 0 Å². The van der Waals surface area contributed by atoms with Crippen LogP contribution in [0, 0.1) is 11.8 Å². The van der Waals surface area contributed by atoms with Crippen molar-refractivity contribution in [1.82, 2.24) is 5.32 Å². The second-order valence-corrected chi connectivity index (χ2v) is 4.47. The smallest absolute Gasteiger partial charge is 0.306 e. The van der Waals surface area contributed by atoms with Crippen LogP contribution in [0.5, 0.6) is 0 Å². The topological polar surface area (TPSA) is 12.0 Å². The largest absolute Gasteiger partial charge is 0.404 e. The highest BCUT2D eigenvalue weighted by Gasteiger charge is 2.48. The normalized spacial score (nSPS) is 39.2. The number of fused-ring (bicyclic) bond motifs is 1. The van der Waals surface area contributed by atoms with Crippen molar-refractivity contribution in [2.45, 2.75) is 44.3 Å². The minimum Gasteiger partial charge on any atom is -0.306 e. The first kappa shape index (κ1) is 10.3. The summed E-state index contributed by atoms with van der Waals surface area (Å²) in [6.07, 6.45) is 0.708. The maximum Gasteiger partial charge on any atom is 0.404 e. The summed E-state index contributed by atoms with van der Waals surface area (Å²) in [6, 6.07) is -1.23. The zero-order valence-corrected chi connectivity index (χ0v) is 8.11. The average molecular weight is 207 g/mol. The van der Waals surface area contributed by atoms with E-state index in [0.717, 1.165) is 32.1 Å². The van der Waals surface area contributed by atoms with Crippen LogP contribution in [-0.2, 0) is 0 Å². The minimum atomic E-state index is -4.05. The number of piperidine rings is 1. The van der Waals surface area contributed by atoms with E-state index in [4.69, 9.17) is 0 Å². The van der Waals surface area contributed by atoms with Gasteiger partial charge in [-0.3, -0.25) is 0 Å². The molecule has 1 saturated heterocycles. The molecule has 2 rings (SSSR count). The molecule has 1 aliphatic heterocycles. The first-order valence-corrected chi connectivity index (χ1v) is 5.39. The summed E-state index contributed by atoms with van der Waals surface area (Å²) in [5.41, 5.74) is 0. The monoisotopic (exact) mass is 207 g/mol. The van der Waals surface area contributed by atoms with Crippen molar-refractivity contribution in [3.63, 3.8) is 0 Å². The van der Waals surface area contributed by atoms with Gasteiger partial charge in [-0.05, 0) is 31.2 Å². The molecule has 0 aromatic carbocycles. The molecule has 2 fully saturated rings. The van der Waals surface area contributed by atoms with Gasteiger partial charge in [-0.15, -0.1) is 0 Å². The summed E-state index contributed by atoms with van der Waals surface area (Å²) < 4.78 is 37.9. The predicted octanol–water partition coefficient (Wildman–Crippen LogP) is 2.72. The molecular weight excluding hydrogens is 191 g/mol. The molecule has 0 radical (unpaired) electrons. The fraction of sp³-hybridized carbons (Fsp3) is 1.00. The van der Waals surface area contributed by atoms with Crippen LogP contribution in [0.1, 0.15) is 32.1 Å². The lowest BCUT2D eigenvalue weighted by atomic mass is 9.71. The number of rotatable bonds is 0. The van der Waals surface area contributed by atoms with E-state index in [-0.39, 0.29) is 5.92 Å².